The standard InChI is InChI=1S/C31H36F2N8O3/c1-18-8-23(43-4)7-6-19(18)12-34-30-36-26-11-27(44-5)25(33)10-24(26)29-37-28(38-41(29)30)20-9-21(32)15-39(14-20)22-13-35-40(16-22)17-31(2,3)42/h6-8,10-11,13,16,20-21,42H,9,12,14-15,17H2,1-5H3,(H,34,36). The third-order valence-corrected chi connectivity index (χ3v) is 7.85. The molecule has 0 amide bonds. The van der Waals surface area contributed by atoms with Gasteiger partial charge in [-0.15, -0.1) is 5.10 Å². The van der Waals surface area contributed by atoms with Crippen LogP contribution in [0.1, 0.15) is 43.1 Å². The Morgan fingerprint density at radius 1 is 1.11 bits per heavy atom. The van der Waals surface area contributed by atoms with E-state index in [2.05, 4.69) is 10.4 Å². The number of hydrogen-bond donors (Lipinski definition) is 2. The number of aryl methyl sites for hydroxylation is 1. The van der Waals surface area contributed by atoms with Crippen molar-refractivity contribution in [2.45, 2.75) is 58.0 Å². The Balaban J connectivity index is 1.36. The van der Waals surface area contributed by atoms with Gasteiger partial charge in [0.25, 0.3) is 0 Å². The minimum atomic E-state index is -1.12. The summed E-state index contributed by atoms with van der Waals surface area (Å²) in [6.07, 6.45) is 2.60. The number of hydrogen-bond acceptors (Lipinski definition) is 9. The molecule has 0 saturated carbocycles. The number of aromatic nitrogens is 6. The molecule has 2 N–H and O–H groups in total. The summed E-state index contributed by atoms with van der Waals surface area (Å²) >= 11 is 0. The van der Waals surface area contributed by atoms with E-state index in [4.69, 9.17) is 24.5 Å². The van der Waals surface area contributed by atoms with E-state index in [1.54, 1.807) is 42.5 Å². The SMILES string of the molecule is COc1ccc(CNc2nc3cc(OC)c(F)cc3c3nc(C4CC(F)CN(c5cnn(CC(C)(C)O)c5)C4)nn23)c(C)c1. The number of rotatable bonds is 9. The maximum absolute atomic E-state index is 15.2. The predicted octanol–water partition coefficient (Wildman–Crippen LogP) is 4.65. The Hall–Kier alpha value is -4.52. The smallest absolute Gasteiger partial charge is 0.226 e. The second-order valence-electron chi connectivity index (χ2n) is 11.9. The van der Waals surface area contributed by atoms with E-state index in [-0.39, 0.29) is 24.6 Å². The highest BCUT2D eigenvalue weighted by molar-refractivity contribution is 5.93. The lowest BCUT2D eigenvalue weighted by Gasteiger charge is -2.34. The number of aliphatic hydroxyl groups is 1. The van der Waals surface area contributed by atoms with Gasteiger partial charge in [0.1, 0.15) is 11.9 Å². The van der Waals surface area contributed by atoms with Crippen molar-refractivity contribution in [1.82, 2.24) is 29.4 Å². The van der Waals surface area contributed by atoms with Gasteiger partial charge in [-0.2, -0.15) is 9.61 Å². The molecule has 11 nitrogen and oxygen atoms in total. The molecule has 1 aliphatic rings. The fraction of sp³-hybridized carbons (Fsp3) is 0.419. The molecule has 1 saturated heterocycles. The van der Waals surface area contributed by atoms with E-state index in [9.17, 15) is 9.50 Å². The number of methoxy groups -OCH3 is 2. The first-order chi connectivity index (χ1) is 21.0. The van der Waals surface area contributed by atoms with Crippen LogP contribution in [0.15, 0.2) is 42.7 Å². The Morgan fingerprint density at radius 2 is 1.93 bits per heavy atom. The van der Waals surface area contributed by atoms with Crippen LogP contribution in [0.2, 0.25) is 0 Å². The van der Waals surface area contributed by atoms with E-state index in [1.165, 1.54) is 19.2 Å². The number of piperidine rings is 1. The summed E-state index contributed by atoms with van der Waals surface area (Å²) in [7, 11) is 3.03. The van der Waals surface area contributed by atoms with Crippen LogP contribution in [-0.2, 0) is 13.1 Å². The minimum Gasteiger partial charge on any atom is -0.497 e. The van der Waals surface area contributed by atoms with Crippen LogP contribution >= 0.6 is 0 Å². The molecule has 13 heteroatoms. The molecule has 2 aromatic carbocycles. The van der Waals surface area contributed by atoms with E-state index in [0.717, 1.165) is 22.6 Å². The van der Waals surface area contributed by atoms with Gasteiger partial charge in [-0.3, -0.25) is 4.68 Å². The van der Waals surface area contributed by atoms with E-state index >= 15 is 4.39 Å². The topological polar surface area (TPSA) is 115 Å². The highest BCUT2D eigenvalue weighted by Gasteiger charge is 2.32. The number of nitrogens with zero attached hydrogens (tertiary/aromatic N) is 7. The first-order valence-corrected chi connectivity index (χ1v) is 14.5. The zero-order valence-electron chi connectivity index (χ0n) is 25.4. The molecule has 232 valence electrons. The highest BCUT2D eigenvalue weighted by atomic mass is 19.1. The predicted molar refractivity (Wildman–Crippen MR) is 163 cm³/mol. The number of halogens is 2. The molecule has 0 radical (unpaired) electrons. The van der Waals surface area contributed by atoms with E-state index < -0.39 is 17.6 Å². The third kappa shape index (κ3) is 5.96. The summed E-state index contributed by atoms with van der Waals surface area (Å²) in [6.45, 7) is 6.84. The first kappa shape index (κ1) is 29.5. The van der Waals surface area contributed by atoms with Gasteiger partial charge < -0.3 is 24.8 Å². The summed E-state index contributed by atoms with van der Waals surface area (Å²) < 4.78 is 43.8. The lowest BCUT2D eigenvalue weighted by molar-refractivity contribution is 0.0577. The van der Waals surface area contributed by atoms with Crippen molar-refractivity contribution in [2.75, 3.05) is 37.5 Å². The molecule has 4 heterocycles. The molecule has 44 heavy (non-hydrogen) atoms. The van der Waals surface area contributed by atoms with Crippen LogP contribution in [-0.4, -0.2) is 73.6 Å². The Bertz CT molecular complexity index is 1820. The van der Waals surface area contributed by atoms with Crippen LogP contribution in [0, 0.1) is 12.7 Å². The zero-order chi connectivity index (χ0) is 31.2. The fourth-order valence-electron chi connectivity index (χ4n) is 5.67. The Kier molecular flexibility index (Phi) is 7.74. The lowest BCUT2D eigenvalue weighted by Crippen LogP contribution is -2.41. The van der Waals surface area contributed by atoms with Crippen molar-refractivity contribution in [3.63, 3.8) is 0 Å². The monoisotopic (exact) mass is 606 g/mol. The van der Waals surface area contributed by atoms with Crippen molar-refractivity contribution in [1.29, 1.82) is 0 Å². The van der Waals surface area contributed by atoms with Crippen molar-refractivity contribution in [2.24, 2.45) is 0 Å². The van der Waals surface area contributed by atoms with Gasteiger partial charge in [0.05, 0.1) is 43.8 Å². The molecule has 2 atom stereocenters. The number of anilines is 2. The fourth-order valence-corrected chi connectivity index (χ4v) is 5.67. The second kappa shape index (κ2) is 11.5. The van der Waals surface area contributed by atoms with Gasteiger partial charge in [-0.25, -0.2) is 18.7 Å². The molecule has 0 aliphatic carbocycles. The number of nitrogens with one attached hydrogen (secondary N) is 1. The molecule has 1 aliphatic heterocycles. The molecule has 1 fully saturated rings. The average Bonchev–Trinajstić information content (AvgIpc) is 3.63. The molecule has 6 rings (SSSR count). The molecule has 0 bridgehead atoms. The zero-order valence-corrected chi connectivity index (χ0v) is 25.4. The van der Waals surface area contributed by atoms with Gasteiger partial charge in [0, 0.05) is 43.2 Å². The summed E-state index contributed by atoms with van der Waals surface area (Å²) in [5.74, 6) is 0.803. The summed E-state index contributed by atoms with van der Waals surface area (Å²) in [6, 6.07) is 8.71. The maximum Gasteiger partial charge on any atom is 0.226 e. The number of ether oxygens (including phenoxy) is 2. The van der Waals surface area contributed by atoms with Gasteiger partial charge in [-0.1, -0.05) is 6.07 Å². The molecular weight excluding hydrogens is 570 g/mol. The summed E-state index contributed by atoms with van der Waals surface area (Å²) in [4.78, 5) is 11.5. The summed E-state index contributed by atoms with van der Waals surface area (Å²) in [5.41, 5.74) is 2.78. The quantitative estimate of drug-likeness (QED) is 0.247. The van der Waals surface area contributed by atoms with Crippen LogP contribution in [0.3, 0.4) is 0 Å². The maximum atomic E-state index is 15.2. The second-order valence-corrected chi connectivity index (χ2v) is 11.9. The number of fused-ring (bicyclic) bond motifs is 3. The van der Waals surface area contributed by atoms with Crippen molar-refractivity contribution >= 4 is 28.2 Å². The molecular formula is C31H36F2N8O3. The Morgan fingerprint density at radius 3 is 2.66 bits per heavy atom. The average molecular weight is 607 g/mol. The highest BCUT2D eigenvalue weighted by Crippen LogP contribution is 2.33. The van der Waals surface area contributed by atoms with Gasteiger partial charge in [0.2, 0.25) is 5.95 Å². The molecule has 5 aromatic rings. The normalized spacial score (nSPS) is 17.4. The van der Waals surface area contributed by atoms with Gasteiger partial charge in [0.15, 0.2) is 23.0 Å². The van der Waals surface area contributed by atoms with E-state index in [0.29, 0.717) is 48.0 Å². The van der Waals surface area contributed by atoms with Crippen LogP contribution in [0.4, 0.5) is 20.4 Å². The van der Waals surface area contributed by atoms with Crippen molar-refractivity contribution < 1.29 is 23.4 Å². The number of alkyl halides is 1. The van der Waals surface area contributed by atoms with Gasteiger partial charge in [-0.05, 0) is 56.5 Å². The van der Waals surface area contributed by atoms with Crippen LogP contribution < -0.4 is 19.7 Å². The lowest BCUT2D eigenvalue weighted by atomic mass is 9.96. The third-order valence-electron chi connectivity index (χ3n) is 7.85. The van der Waals surface area contributed by atoms with Crippen LogP contribution in [0.25, 0.3) is 16.6 Å². The first-order valence-electron chi connectivity index (χ1n) is 14.5. The van der Waals surface area contributed by atoms with E-state index in [1.807, 2.05) is 30.0 Å². The van der Waals surface area contributed by atoms with Crippen LogP contribution in [0.5, 0.6) is 11.5 Å². The largest absolute Gasteiger partial charge is 0.497 e. The van der Waals surface area contributed by atoms with Crippen molar-refractivity contribution in [3.05, 3.63) is 65.5 Å². The number of benzene rings is 2. The van der Waals surface area contributed by atoms with Crippen molar-refractivity contribution in [3.8, 4) is 11.5 Å². The minimum absolute atomic E-state index is 0.0689. The Labute approximate surface area is 253 Å². The molecule has 3 aromatic heterocycles. The van der Waals surface area contributed by atoms with Gasteiger partial charge >= 0.3 is 0 Å². The molecule has 0 spiro atoms. The summed E-state index contributed by atoms with van der Waals surface area (Å²) in [5, 5.41) is 23.2. The molecule has 2 unspecified atom stereocenters.